The predicted molar refractivity (Wildman–Crippen MR) is 106 cm³/mol. The number of methoxy groups -OCH3 is 1. The Kier molecular flexibility index (Phi) is 7.35. The lowest BCUT2D eigenvalue weighted by Crippen LogP contribution is -3.27. The molecule has 2 aromatic rings. The Morgan fingerprint density at radius 1 is 0.926 bits per heavy atom. The minimum atomic E-state index is 0.277. The maximum Gasteiger partial charge on any atom is 0.161 e. The van der Waals surface area contributed by atoms with Crippen LogP contribution in [0, 0.1) is 0 Å². The van der Waals surface area contributed by atoms with E-state index in [9.17, 15) is 0 Å². The standard InChI is InChI=1S/C21H27ClN2O3/c1-26-21-14-18(15-24-10-8-23(9-11-24)12-13-25)4-7-20(21)27-16-17-2-5-19(22)6-3-17/h2-7,14,25H,8-13,15-16H2,1H3/p+2. The molecule has 1 aliphatic rings. The SMILES string of the molecule is COc1cc(C[NH+]2CC[NH+](CCO)CC2)ccc1OCc1ccc(Cl)cc1. The first-order valence-corrected chi connectivity index (χ1v) is 9.88. The van der Waals surface area contributed by atoms with Gasteiger partial charge >= 0.3 is 0 Å². The summed E-state index contributed by atoms with van der Waals surface area (Å²) in [6, 6.07) is 13.9. The maximum absolute atomic E-state index is 9.07. The van der Waals surface area contributed by atoms with Gasteiger partial charge in [0.25, 0.3) is 0 Å². The van der Waals surface area contributed by atoms with Gasteiger partial charge in [0.2, 0.25) is 0 Å². The number of hydrogen-bond acceptors (Lipinski definition) is 3. The van der Waals surface area contributed by atoms with E-state index in [1.807, 2.05) is 30.3 Å². The summed E-state index contributed by atoms with van der Waals surface area (Å²) in [5, 5.41) is 9.80. The molecule has 5 nitrogen and oxygen atoms in total. The fraction of sp³-hybridized carbons (Fsp3) is 0.429. The normalized spacial score (nSPS) is 19.7. The lowest BCUT2D eigenvalue weighted by Gasteiger charge is -2.29. The molecule has 3 rings (SSSR count). The maximum atomic E-state index is 9.07. The molecule has 3 N–H and O–H groups in total. The second kappa shape index (κ2) is 9.95. The molecule has 6 heteroatoms. The van der Waals surface area contributed by atoms with Crippen molar-refractivity contribution in [1.82, 2.24) is 0 Å². The van der Waals surface area contributed by atoms with Crippen molar-refractivity contribution < 1.29 is 24.4 Å². The van der Waals surface area contributed by atoms with Crippen LogP contribution in [0.1, 0.15) is 11.1 Å². The van der Waals surface area contributed by atoms with Gasteiger partial charge in [0.05, 0.1) is 13.7 Å². The van der Waals surface area contributed by atoms with Gasteiger partial charge in [-0.25, -0.2) is 0 Å². The van der Waals surface area contributed by atoms with Gasteiger partial charge in [-0.1, -0.05) is 23.7 Å². The fourth-order valence-corrected chi connectivity index (χ4v) is 3.64. The van der Waals surface area contributed by atoms with Crippen LogP contribution >= 0.6 is 11.6 Å². The van der Waals surface area contributed by atoms with Crippen LogP contribution in [0.2, 0.25) is 5.02 Å². The van der Waals surface area contributed by atoms with Crippen molar-refractivity contribution in [3.05, 3.63) is 58.6 Å². The average Bonchev–Trinajstić information content (AvgIpc) is 2.70. The Labute approximate surface area is 166 Å². The van der Waals surface area contributed by atoms with E-state index < -0.39 is 0 Å². The van der Waals surface area contributed by atoms with Gasteiger partial charge in [-0.05, 0) is 35.9 Å². The summed E-state index contributed by atoms with van der Waals surface area (Å²) in [5.74, 6) is 1.52. The van der Waals surface area contributed by atoms with E-state index in [1.165, 1.54) is 10.5 Å². The molecule has 1 heterocycles. The van der Waals surface area contributed by atoms with Crippen molar-refractivity contribution in [1.29, 1.82) is 0 Å². The highest BCUT2D eigenvalue weighted by molar-refractivity contribution is 6.30. The van der Waals surface area contributed by atoms with E-state index in [4.69, 9.17) is 26.2 Å². The van der Waals surface area contributed by atoms with Crippen LogP contribution < -0.4 is 19.3 Å². The van der Waals surface area contributed by atoms with Gasteiger partial charge in [-0.2, -0.15) is 0 Å². The molecule has 1 aliphatic heterocycles. The van der Waals surface area contributed by atoms with Crippen molar-refractivity contribution in [2.75, 3.05) is 46.4 Å². The molecule has 2 aromatic carbocycles. The van der Waals surface area contributed by atoms with Crippen LogP contribution in [0.3, 0.4) is 0 Å². The first-order chi connectivity index (χ1) is 13.2. The number of rotatable bonds is 8. The van der Waals surface area contributed by atoms with E-state index in [1.54, 1.807) is 12.0 Å². The molecule has 0 amide bonds. The predicted octanol–water partition coefficient (Wildman–Crippen LogP) is 0.203. The molecular formula is C21H29ClN2O3+2. The van der Waals surface area contributed by atoms with Crippen molar-refractivity contribution in [3.8, 4) is 11.5 Å². The number of nitrogens with one attached hydrogen (secondary N) is 2. The summed E-state index contributed by atoms with van der Waals surface area (Å²) in [4.78, 5) is 3.08. The largest absolute Gasteiger partial charge is 0.493 e. The van der Waals surface area contributed by atoms with E-state index in [0.717, 1.165) is 61.4 Å². The highest BCUT2D eigenvalue weighted by atomic mass is 35.5. The Morgan fingerprint density at radius 2 is 1.59 bits per heavy atom. The van der Waals surface area contributed by atoms with Gasteiger partial charge in [0.1, 0.15) is 45.9 Å². The number of quaternary nitrogens is 2. The van der Waals surface area contributed by atoms with Crippen LogP contribution in [-0.2, 0) is 13.2 Å². The Hall–Kier alpha value is -1.79. The second-order valence-corrected chi connectivity index (χ2v) is 7.49. The molecule has 146 valence electrons. The summed E-state index contributed by atoms with van der Waals surface area (Å²) in [6.45, 7) is 7.11. The number of halogens is 1. The van der Waals surface area contributed by atoms with Gasteiger partial charge < -0.3 is 24.4 Å². The van der Waals surface area contributed by atoms with Crippen LogP contribution in [0.4, 0.5) is 0 Å². The molecule has 0 unspecified atom stereocenters. The molecular weight excluding hydrogens is 364 g/mol. The summed E-state index contributed by atoms with van der Waals surface area (Å²) in [6.07, 6.45) is 0. The van der Waals surface area contributed by atoms with Crippen molar-refractivity contribution in [2.45, 2.75) is 13.2 Å². The summed E-state index contributed by atoms with van der Waals surface area (Å²) in [7, 11) is 1.68. The molecule has 0 radical (unpaired) electrons. The molecule has 0 aromatic heterocycles. The molecule has 27 heavy (non-hydrogen) atoms. The quantitative estimate of drug-likeness (QED) is 0.601. The van der Waals surface area contributed by atoms with E-state index >= 15 is 0 Å². The molecule has 0 bridgehead atoms. The van der Waals surface area contributed by atoms with Gasteiger partial charge in [0.15, 0.2) is 11.5 Å². The highest BCUT2D eigenvalue weighted by Gasteiger charge is 2.22. The number of hydrogen-bond donors (Lipinski definition) is 3. The number of benzene rings is 2. The van der Waals surface area contributed by atoms with Crippen molar-refractivity contribution in [2.24, 2.45) is 0 Å². The Morgan fingerprint density at radius 3 is 2.26 bits per heavy atom. The number of piperazine rings is 1. The summed E-state index contributed by atoms with van der Waals surface area (Å²) >= 11 is 5.92. The number of aliphatic hydroxyl groups excluding tert-OH is 1. The topological polar surface area (TPSA) is 47.6 Å². The average molecular weight is 393 g/mol. The molecule has 0 atom stereocenters. The van der Waals surface area contributed by atoms with E-state index in [-0.39, 0.29) is 6.61 Å². The molecule has 0 saturated carbocycles. The molecule has 1 saturated heterocycles. The Bertz CT molecular complexity index is 716. The van der Waals surface area contributed by atoms with Gasteiger partial charge in [-0.3, -0.25) is 0 Å². The van der Waals surface area contributed by atoms with Crippen LogP contribution in [-0.4, -0.2) is 51.5 Å². The zero-order valence-electron chi connectivity index (χ0n) is 15.8. The second-order valence-electron chi connectivity index (χ2n) is 7.05. The van der Waals surface area contributed by atoms with Gasteiger partial charge in [-0.15, -0.1) is 0 Å². The Balaban J connectivity index is 1.56. The third-order valence-electron chi connectivity index (χ3n) is 5.12. The van der Waals surface area contributed by atoms with Crippen LogP contribution in [0.15, 0.2) is 42.5 Å². The van der Waals surface area contributed by atoms with Crippen molar-refractivity contribution in [3.63, 3.8) is 0 Å². The number of ether oxygens (including phenoxy) is 2. The third kappa shape index (κ3) is 5.84. The molecule has 0 aliphatic carbocycles. The number of aliphatic hydroxyl groups is 1. The monoisotopic (exact) mass is 392 g/mol. The first kappa shape index (κ1) is 20.0. The lowest BCUT2D eigenvalue weighted by atomic mass is 10.1. The first-order valence-electron chi connectivity index (χ1n) is 9.50. The van der Waals surface area contributed by atoms with Crippen LogP contribution in [0.25, 0.3) is 0 Å². The molecule has 1 fully saturated rings. The van der Waals surface area contributed by atoms with E-state index in [2.05, 4.69) is 12.1 Å². The zero-order chi connectivity index (χ0) is 19.1. The van der Waals surface area contributed by atoms with Crippen LogP contribution in [0.5, 0.6) is 11.5 Å². The fourth-order valence-electron chi connectivity index (χ4n) is 3.51. The van der Waals surface area contributed by atoms with Crippen molar-refractivity contribution >= 4 is 11.6 Å². The smallest absolute Gasteiger partial charge is 0.161 e. The summed E-state index contributed by atoms with van der Waals surface area (Å²) in [5.41, 5.74) is 2.32. The van der Waals surface area contributed by atoms with E-state index in [0.29, 0.717) is 6.61 Å². The van der Waals surface area contributed by atoms with Gasteiger partial charge in [0, 0.05) is 10.6 Å². The molecule has 0 spiro atoms. The minimum absolute atomic E-state index is 0.277. The zero-order valence-corrected chi connectivity index (χ0v) is 16.6. The third-order valence-corrected chi connectivity index (χ3v) is 5.37. The summed E-state index contributed by atoms with van der Waals surface area (Å²) < 4.78 is 11.5. The minimum Gasteiger partial charge on any atom is -0.493 e. The lowest BCUT2D eigenvalue weighted by molar-refractivity contribution is -1.02. The highest BCUT2D eigenvalue weighted by Crippen LogP contribution is 2.28.